The third-order valence-corrected chi connectivity index (χ3v) is 3.46. The molecule has 0 aliphatic heterocycles. The smallest absolute Gasteiger partial charge is 0.243 e. The zero-order valence-corrected chi connectivity index (χ0v) is 17.2. The Bertz CT molecular complexity index is 710. The SMILES string of the molecule is CN=C(NCCc1ccccc1OC)NCC(=O)Nc1cccnc1.I. The second-order valence-electron chi connectivity index (χ2n) is 5.20. The Morgan fingerprint density at radius 3 is 2.69 bits per heavy atom. The number of nitrogens with zero attached hydrogens (tertiary/aromatic N) is 2. The fraction of sp³-hybridized carbons (Fsp3) is 0.278. The van der Waals surface area contributed by atoms with Crippen LogP contribution in [0.1, 0.15) is 5.56 Å². The van der Waals surface area contributed by atoms with Gasteiger partial charge in [-0.05, 0) is 30.2 Å². The maximum absolute atomic E-state index is 11.9. The first-order chi connectivity index (χ1) is 12.2. The number of nitrogens with one attached hydrogen (secondary N) is 3. The molecule has 1 amide bonds. The fourth-order valence-electron chi connectivity index (χ4n) is 2.25. The molecule has 26 heavy (non-hydrogen) atoms. The lowest BCUT2D eigenvalue weighted by Crippen LogP contribution is -2.42. The molecule has 7 nitrogen and oxygen atoms in total. The van der Waals surface area contributed by atoms with E-state index in [1.807, 2.05) is 24.3 Å². The van der Waals surface area contributed by atoms with Crippen LogP contribution in [0.3, 0.4) is 0 Å². The van der Waals surface area contributed by atoms with Crippen LogP contribution in [-0.4, -0.2) is 44.1 Å². The first-order valence-corrected chi connectivity index (χ1v) is 7.99. The number of rotatable bonds is 7. The van der Waals surface area contributed by atoms with Crippen molar-refractivity contribution in [1.82, 2.24) is 15.6 Å². The first-order valence-electron chi connectivity index (χ1n) is 7.99. The van der Waals surface area contributed by atoms with Gasteiger partial charge in [-0.2, -0.15) is 0 Å². The largest absolute Gasteiger partial charge is 0.496 e. The molecule has 1 heterocycles. The van der Waals surface area contributed by atoms with Crippen LogP contribution in [0.25, 0.3) is 0 Å². The van der Waals surface area contributed by atoms with Crippen LogP contribution in [0.15, 0.2) is 53.8 Å². The molecule has 0 unspecified atom stereocenters. The molecule has 2 rings (SSSR count). The van der Waals surface area contributed by atoms with Gasteiger partial charge in [-0.15, -0.1) is 24.0 Å². The molecule has 8 heteroatoms. The summed E-state index contributed by atoms with van der Waals surface area (Å²) in [5.41, 5.74) is 1.77. The molecule has 2 aromatic rings. The van der Waals surface area contributed by atoms with Gasteiger partial charge in [-0.25, -0.2) is 0 Å². The van der Waals surface area contributed by atoms with Gasteiger partial charge in [-0.1, -0.05) is 18.2 Å². The van der Waals surface area contributed by atoms with Crippen molar-refractivity contribution in [2.75, 3.05) is 32.6 Å². The van der Waals surface area contributed by atoms with Gasteiger partial charge in [0.25, 0.3) is 0 Å². The molecular weight excluding hydrogens is 445 g/mol. The molecular formula is C18H24IN5O2. The number of pyridine rings is 1. The number of carbonyl (C=O) groups excluding carboxylic acids is 1. The number of anilines is 1. The summed E-state index contributed by atoms with van der Waals surface area (Å²) in [5, 5.41) is 8.91. The Morgan fingerprint density at radius 1 is 1.19 bits per heavy atom. The Hall–Kier alpha value is -2.36. The zero-order valence-electron chi connectivity index (χ0n) is 14.9. The highest BCUT2D eigenvalue weighted by molar-refractivity contribution is 14.0. The number of guanidine groups is 1. The lowest BCUT2D eigenvalue weighted by atomic mass is 10.1. The van der Waals surface area contributed by atoms with Gasteiger partial charge >= 0.3 is 0 Å². The van der Waals surface area contributed by atoms with Crippen LogP contribution in [0, 0.1) is 0 Å². The molecule has 0 spiro atoms. The number of amides is 1. The highest BCUT2D eigenvalue weighted by atomic mass is 127. The number of para-hydroxylation sites is 1. The molecule has 0 bridgehead atoms. The van der Waals surface area contributed by atoms with E-state index in [1.54, 1.807) is 38.7 Å². The number of ether oxygens (including phenoxy) is 1. The van der Waals surface area contributed by atoms with Gasteiger partial charge in [0.1, 0.15) is 5.75 Å². The Morgan fingerprint density at radius 2 is 2.00 bits per heavy atom. The molecule has 0 atom stereocenters. The van der Waals surface area contributed by atoms with Crippen LogP contribution < -0.4 is 20.7 Å². The van der Waals surface area contributed by atoms with E-state index in [9.17, 15) is 4.79 Å². The number of methoxy groups -OCH3 is 1. The number of benzene rings is 1. The van der Waals surface area contributed by atoms with Crippen molar-refractivity contribution in [3.05, 3.63) is 54.4 Å². The van der Waals surface area contributed by atoms with Crippen molar-refractivity contribution >= 4 is 41.5 Å². The number of aromatic nitrogens is 1. The van der Waals surface area contributed by atoms with E-state index in [1.165, 1.54) is 0 Å². The normalized spacial score (nSPS) is 10.5. The molecule has 0 saturated heterocycles. The molecule has 140 valence electrons. The van der Waals surface area contributed by atoms with E-state index >= 15 is 0 Å². The van der Waals surface area contributed by atoms with Crippen LogP contribution in [0.5, 0.6) is 5.75 Å². The fourth-order valence-corrected chi connectivity index (χ4v) is 2.25. The average Bonchev–Trinajstić information content (AvgIpc) is 2.65. The topological polar surface area (TPSA) is 87.6 Å². The maximum Gasteiger partial charge on any atom is 0.243 e. The summed E-state index contributed by atoms with van der Waals surface area (Å²) in [6, 6.07) is 11.4. The van der Waals surface area contributed by atoms with Crippen molar-refractivity contribution in [1.29, 1.82) is 0 Å². The van der Waals surface area contributed by atoms with Crippen LogP contribution >= 0.6 is 24.0 Å². The summed E-state index contributed by atoms with van der Waals surface area (Å²) in [6.45, 7) is 0.785. The van der Waals surface area contributed by atoms with Crippen molar-refractivity contribution in [3.8, 4) is 5.75 Å². The predicted molar refractivity (Wildman–Crippen MR) is 114 cm³/mol. The van der Waals surface area contributed by atoms with Crippen LogP contribution in [-0.2, 0) is 11.2 Å². The second kappa shape index (κ2) is 12.1. The van der Waals surface area contributed by atoms with E-state index in [2.05, 4.69) is 25.9 Å². The van der Waals surface area contributed by atoms with Crippen LogP contribution in [0.4, 0.5) is 5.69 Å². The predicted octanol–water partition coefficient (Wildman–Crippen LogP) is 2.05. The third kappa shape index (κ3) is 7.26. The summed E-state index contributed by atoms with van der Waals surface area (Å²) in [6.07, 6.45) is 4.03. The summed E-state index contributed by atoms with van der Waals surface area (Å²) in [4.78, 5) is 20.0. The van der Waals surface area contributed by atoms with Crippen molar-refractivity contribution in [3.63, 3.8) is 0 Å². The Balaban J connectivity index is 0.00000338. The monoisotopic (exact) mass is 469 g/mol. The van der Waals surface area contributed by atoms with Crippen LogP contribution in [0.2, 0.25) is 0 Å². The van der Waals surface area contributed by atoms with Crippen molar-refractivity contribution < 1.29 is 9.53 Å². The summed E-state index contributed by atoms with van der Waals surface area (Å²) in [5.74, 6) is 1.26. The average molecular weight is 469 g/mol. The molecule has 0 saturated carbocycles. The standard InChI is InChI=1S/C18H23N5O2.HI/c1-19-18(21-11-9-14-6-3-4-8-16(14)25-2)22-13-17(24)23-15-7-5-10-20-12-15;/h3-8,10,12H,9,11,13H2,1-2H3,(H,23,24)(H2,19,21,22);1H. The zero-order chi connectivity index (χ0) is 17.9. The van der Waals surface area contributed by atoms with Crippen molar-refractivity contribution in [2.24, 2.45) is 4.99 Å². The summed E-state index contributed by atoms with van der Waals surface area (Å²) < 4.78 is 5.33. The first kappa shape index (κ1) is 21.7. The van der Waals surface area contributed by atoms with E-state index in [-0.39, 0.29) is 36.4 Å². The van der Waals surface area contributed by atoms with Gasteiger partial charge in [0, 0.05) is 19.8 Å². The lowest BCUT2D eigenvalue weighted by Gasteiger charge is -2.13. The van der Waals surface area contributed by atoms with Gasteiger partial charge in [-0.3, -0.25) is 14.8 Å². The molecule has 3 N–H and O–H groups in total. The number of aliphatic imine (C=N–C) groups is 1. The van der Waals surface area contributed by atoms with Gasteiger partial charge in [0.2, 0.25) is 5.91 Å². The number of halogens is 1. The maximum atomic E-state index is 11.9. The minimum atomic E-state index is -0.166. The highest BCUT2D eigenvalue weighted by Crippen LogP contribution is 2.17. The third-order valence-electron chi connectivity index (χ3n) is 3.46. The van der Waals surface area contributed by atoms with E-state index < -0.39 is 0 Å². The Labute approximate surface area is 170 Å². The van der Waals surface area contributed by atoms with E-state index in [0.717, 1.165) is 17.7 Å². The number of carbonyl (C=O) groups is 1. The second-order valence-corrected chi connectivity index (χ2v) is 5.20. The van der Waals surface area contributed by atoms with E-state index in [4.69, 9.17) is 4.74 Å². The van der Waals surface area contributed by atoms with Gasteiger partial charge in [0.15, 0.2) is 5.96 Å². The Kier molecular flexibility index (Phi) is 10.1. The van der Waals surface area contributed by atoms with Crippen molar-refractivity contribution in [2.45, 2.75) is 6.42 Å². The van der Waals surface area contributed by atoms with Gasteiger partial charge < -0.3 is 20.7 Å². The molecule has 0 aliphatic rings. The summed E-state index contributed by atoms with van der Waals surface area (Å²) >= 11 is 0. The molecule has 0 fully saturated rings. The summed E-state index contributed by atoms with van der Waals surface area (Å²) in [7, 11) is 3.32. The quantitative estimate of drug-likeness (QED) is 0.328. The minimum absolute atomic E-state index is 0. The molecule has 1 aromatic heterocycles. The number of hydrogen-bond acceptors (Lipinski definition) is 4. The van der Waals surface area contributed by atoms with Gasteiger partial charge in [0.05, 0.1) is 25.5 Å². The lowest BCUT2D eigenvalue weighted by molar-refractivity contribution is -0.115. The minimum Gasteiger partial charge on any atom is -0.496 e. The molecule has 0 radical (unpaired) electrons. The number of hydrogen-bond donors (Lipinski definition) is 3. The molecule has 0 aliphatic carbocycles. The van der Waals surface area contributed by atoms with E-state index in [0.29, 0.717) is 18.2 Å². The highest BCUT2D eigenvalue weighted by Gasteiger charge is 2.05. The molecule has 1 aromatic carbocycles.